The van der Waals surface area contributed by atoms with Gasteiger partial charge in [0.1, 0.15) is 11.5 Å². The SMILES string of the molecule is CCC(Nc1cccc(OCC(=O)NC)c1)c1ccco1. The zero-order valence-corrected chi connectivity index (χ0v) is 12.3. The van der Waals surface area contributed by atoms with E-state index in [1.54, 1.807) is 13.3 Å². The van der Waals surface area contributed by atoms with Gasteiger partial charge in [-0.2, -0.15) is 0 Å². The Morgan fingerprint density at radius 3 is 2.86 bits per heavy atom. The van der Waals surface area contributed by atoms with E-state index < -0.39 is 0 Å². The van der Waals surface area contributed by atoms with E-state index >= 15 is 0 Å². The van der Waals surface area contributed by atoms with Crippen molar-refractivity contribution in [2.75, 3.05) is 19.0 Å². The number of hydrogen-bond acceptors (Lipinski definition) is 4. The second-order valence-electron chi connectivity index (χ2n) is 4.61. The maximum absolute atomic E-state index is 11.2. The van der Waals surface area contributed by atoms with Gasteiger partial charge in [0.15, 0.2) is 6.61 Å². The molecule has 1 amide bonds. The Morgan fingerprint density at radius 2 is 2.19 bits per heavy atom. The molecule has 0 aliphatic rings. The molecule has 1 aromatic carbocycles. The maximum atomic E-state index is 11.2. The Morgan fingerprint density at radius 1 is 1.33 bits per heavy atom. The molecule has 0 radical (unpaired) electrons. The summed E-state index contributed by atoms with van der Waals surface area (Å²) in [5.74, 6) is 1.39. The Bertz CT molecular complexity index is 567. The van der Waals surface area contributed by atoms with Crippen LogP contribution in [-0.4, -0.2) is 19.6 Å². The minimum Gasteiger partial charge on any atom is -0.484 e. The summed E-state index contributed by atoms with van der Waals surface area (Å²) >= 11 is 0. The van der Waals surface area contributed by atoms with Crippen molar-refractivity contribution in [1.29, 1.82) is 0 Å². The van der Waals surface area contributed by atoms with Gasteiger partial charge < -0.3 is 19.8 Å². The highest BCUT2D eigenvalue weighted by Gasteiger charge is 2.12. The van der Waals surface area contributed by atoms with Gasteiger partial charge in [-0.05, 0) is 30.7 Å². The molecule has 2 aromatic rings. The Balaban J connectivity index is 2.01. The first-order valence-electron chi connectivity index (χ1n) is 6.96. The number of benzene rings is 1. The molecule has 0 saturated heterocycles. The molecule has 2 rings (SSSR count). The van der Waals surface area contributed by atoms with Crippen LogP contribution in [0, 0.1) is 0 Å². The lowest BCUT2D eigenvalue weighted by molar-refractivity contribution is -0.122. The van der Waals surface area contributed by atoms with Crippen LogP contribution in [0.25, 0.3) is 0 Å². The normalized spacial score (nSPS) is 11.7. The van der Waals surface area contributed by atoms with E-state index in [1.165, 1.54) is 0 Å². The average Bonchev–Trinajstić information content (AvgIpc) is 3.05. The topological polar surface area (TPSA) is 63.5 Å². The standard InChI is InChI=1S/C16H20N2O3/c1-3-14(15-8-5-9-20-15)18-12-6-4-7-13(10-12)21-11-16(19)17-2/h4-10,14,18H,3,11H2,1-2H3,(H,17,19). The predicted molar refractivity (Wildman–Crippen MR) is 81.4 cm³/mol. The highest BCUT2D eigenvalue weighted by Crippen LogP contribution is 2.25. The molecule has 0 spiro atoms. The molecule has 21 heavy (non-hydrogen) atoms. The van der Waals surface area contributed by atoms with Crippen molar-refractivity contribution in [3.63, 3.8) is 0 Å². The third-order valence-corrected chi connectivity index (χ3v) is 3.12. The molecule has 112 valence electrons. The molecule has 1 unspecified atom stereocenters. The van der Waals surface area contributed by atoms with Gasteiger partial charge in [0.2, 0.25) is 0 Å². The van der Waals surface area contributed by atoms with E-state index in [0.29, 0.717) is 5.75 Å². The number of carbonyl (C=O) groups excluding carboxylic acids is 1. The van der Waals surface area contributed by atoms with Crippen LogP contribution < -0.4 is 15.4 Å². The highest BCUT2D eigenvalue weighted by molar-refractivity contribution is 5.77. The number of amides is 1. The fourth-order valence-electron chi connectivity index (χ4n) is 1.96. The lowest BCUT2D eigenvalue weighted by Crippen LogP contribution is -2.24. The Kier molecular flexibility index (Phi) is 5.26. The van der Waals surface area contributed by atoms with Crippen molar-refractivity contribution in [3.8, 4) is 5.75 Å². The first-order valence-corrected chi connectivity index (χ1v) is 6.96. The molecule has 1 aromatic heterocycles. The van der Waals surface area contributed by atoms with E-state index in [-0.39, 0.29) is 18.6 Å². The fraction of sp³-hybridized carbons (Fsp3) is 0.312. The summed E-state index contributed by atoms with van der Waals surface area (Å²) in [6.45, 7) is 2.10. The van der Waals surface area contributed by atoms with Crippen molar-refractivity contribution in [3.05, 3.63) is 48.4 Å². The molecule has 0 fully saturated rings. The molecular formula is C16H20N2O3. The summed E-state index contributed by atoms with van der Waals surface area (Å²) in [5, 5.41) is 5.92. The first-order chi connectivity index (χ1) is 10.2. The molecule has 0 aliphatic heterocycles. The number of rotatable bonds is 7. The third kappa shape index (κ3) is 4.27. The quantitative estimate of drug-likeness (QED) is 0.822. The van der Waals surface area contributed by atoms with E-state index in [1.807, 2.05) is 36.4 Å². The van der Waals surface area contributed by atoms with E-state index in [9.17, 15) is 4.79 Å². The van der Waals surface area contributed by atoms with E-state index in [0.717, 1.165) is 17.9 Å². The van der Waals surface area contributed by atoms with Gasteiger partial charge in [-0.1, -0.05) is 13.0 Å². The molecule has 1 atom stereocenters. The zero-order chi connectivity index (χ0) is 15.1. The zero-order valence-electron chi connectivity index (χ0n) is 12.3. The fourth-order valence-corrected chi connectivity index (χ4v) is 1.96. The van der Waals surface area contributed by atoms with Gasteiger partial charge in [0, 0.05) is 18.8 Å². The van der Waals surface area contributed by atoms with Crippen LogP contribution >= 0.6 is 0 Å². The van der Waals surface area contributed by atoms with E-state index in [4.69, 9.17) is 9.15 Å². The second-order valence-corrected chi connectivity index (χ2v) is 4.61. The molecule has 5 nitrogen and oxygen atoms in total. The number of furan rings is 1. The number of likely N-dealkylation sites (N-methyl/N-ethyl adjacent to an activating group) is 1. The van der Waals surface area contributed by atoms with Crippen LogP contribution in [0.1, 0.15) is 25.1 Å². The van der Waals surface area contributed by atoms with Gasteiger partial charge >= 0.3 is 0 Å². The predicted octanol–water partition coefficient (Wildman–Crippen LogP) is 2.97. The van der Waals surface area contributed by atoms with Crippen LogP contribution in [0.4, 0.5) is 5.69 Å². The van der Waals surface area contributed by atoms with Gasteiger partial charge in [-0.25, -0.2) is 0 Å². The molecule has 0 aliphatic carbocycles. The number of nitrogens with one attached hydrogen (secondary N) is 2. The monoisotopic (exact) mass is 288 g/mol. The largest absolute Gasteiger partial charge is 0.484 e. The summed E-state index contributed by atoms with van der Waals surface area (Å²) in [4.78, 5) is 11.2. The van der Waals surface area contributed by atoms with Crippen LogP contribution in [0.2, 0.25) is 0 Å². The molecule has 5 heteroatoms. The first kappa shape index (κ1) is 15.0. The number of carbonyl (C=O) groups is 1. The second kappa shape index (κ2) is 7.38. The van der Waals surface area contributed by atoms with Crippen molar-refractivity contribution in [1.82, 2.24) is 5.32 Å². The average molecular weight is 288 g/mol. The van der Waals surface area contributed by atoms with Gasteiger partial charge in [0.25, 0.3) is 5.91 Å². The third-order valence-electron chi connectivity index (χ3n) is 3.12. The molecule has 0 bridgehead atoms. The maximum Gasteiger partial charge on any atom is 0.257 e. The van der Waals surface area contributed by atoms with Gasteiger partial charge in [-0.3, -0.25) is 4.79 Å². The Hall–Kier alpha value is -2.43. The number of ether oxygens (including phenoxy) is 1. The summed E-state index contributed by atoms with van der Waals surface area (Å²) in [5.41, 5.74) is 0.924. The van der Waals surface area contributed by atoms with Crippen molar-refractivity contribution in [2.45, 2.75) is 19.4 Å². The molecule has 1 heterocycles. The van der Waals surface area contributed by atoms with Crippen LogP contribution in [0.3, 0.4) is 0 Å². The van der Waals surface area contributed by atoms with E-state index in [2.05, 4.69) is 17.6 Å². The summed E-state index contributed by atoms with van der Waals surface area (Å²) < 4.78 is 10.9. The highest BCUT2D eigenvalue weighted by atomic mass is 16.5. The molecular weight excluding hydrogens is 268 g/mol. The minimum absolute atomic E-state index is 0.00927. The van der Waals surface area contributed by atoms with Crippen molar-refractivity contribution in [2.24, 2.45) is 0 Å². The summed E-state index contributed by atoms with van der Waals surface area (Å²) in [6, 6.07) is 11.5. The summed E-state index contributed by atoms with van der Waals surface area (Å²) in [6.07, 6.45) is 2.57. The van der Waals surface area contributed by atoms with Crippen LogP contribution in [-0.2, 0) is 4.79 Å². The van der Waals surface area contributed by atoms with Gasteiger partial charge in [-0.15, -0.1) is 0 Å². The van der Waals surface area contributed by atoms with Crippen LogP contribution in [0.5, 0.6) is 5.75 Å². The summed E-state index contributed by atoms with van der Waals surface area (Å²) in [7, 11) is 1.58. The lowest BCUT2D eigenvalue weighted by atomic mass is 10.1. The number of anilines is 1. The Labute approximate surface area is 124 Å². The van der Waals surface area contributed by atoms with Crippen LogP contribution in [0.15, 0.2) is 47.1 Å². The van der Waals surface area contributed by atoms with Crippen molar-refractivity contribution < 1.29 is 13.9 Å². The van der Waals surface area contributed by atoms with Crippen molar-refractivity contribution >= 4 is 11.6 Å². The molecule has 0 saturated carbocycles. The lowest BCUT2D eigenvalue weighted by Gasteiger charge is -2.16. The van der Waals surface area contributed by atoms with Gasteiger partial charge in [0.05, 0.1) is 12.3 Å². The smallest absolute Gasteiger partial charge is 0.257 e. The minimum atomic E-state index is -0.157. The molecule has 2 N–H and O–H groups in total. The number of hydrogen-bond donors (Lipinski definition) is 2.